The lowest BCUT2D eigenvalue weighted by Crippen LogP contribution is -2.18. The van der Waals surface area contributed by atoms with E-state index in [0.717, 1.165) is 12.8 Å². The van der Waals surface area contributed by atoms with Gasteiger partial charge in [0, 0.05) is 4.83 Å². The zero-order valence-corrected chi connectivity index (χ0v) is 11.2. The fraction of sp³-hybridized carbons (Fsp3) is 0.538. The van der Waals surface area contributed by atoms with Gasteiger partial charge in [0.2, 0.25) is 0 Å². The Kier molecular flexibility index (Phi) is 4.21. The van der Waals surface area contributed by atoms with Crippen LogP contribution >= 0.6 is 15.9 Å². The third-order valence-electron chi connectivity index (χ3n) is 2.45. The number of hydrogen-bond donors (Lipinski definition) is 1. The van der Waals surface area contributed by atoms with Crippen molar-refractivity contribution >= 4 is 15.9 Å². The quantitative estimate of drug-likeness (QED) is 0.816. The minimum atomic E-state index is 0.292. The lowest BCUT2D eigenvalue weighted by molar-refractivity contribution is 0.335. The largest absolute Gasteiger partial charge is 0.508 e. The topological polar surface area (TPSA) is 20.2 Å². The van der Waals surface area contributed by atoms with Crippen LogP contribution in [0.5, 0.6) is 5.75 Å². The standard InChI is InChI=1S/C13H19BrO/c1-10(14)8-13(2,3)9-11-4-6-12(15)7-5-11/h4-7,10,15H,8-9H2,1-3H3. The first-order valence-corrected chi connectivity index (χ1v) is 6.23. The zero-order chi connectivity index (χ0) is 11.5. The molecular formula is C13H19BrO. The SMILES string of the molecule is CC(Br)CC(C)(C)Cc1ccc(O)cc1. The number of aromatic hydroxyl groups is 1. The van der Waals surface area contributed by atoms with Crippen molar-refractivity contribution in [2.75, 3.05) is 0 Å². The van der Waals surface area contributed by atoms with E-state index in [-0.39, 0.29) is 0 Å². The molecule has 1 rings (SSSR count). The van der Waals surface area contributed by atoms with E-state index in [1.54, 1.807) is 12.1 Å². The van der Waals surface area contributed by atoms with E-state index in [0.29, 0.717) is 16.0 Å². The van der Waals surface area contributed by atoms with E-state index in [1.165, 1.54) is 5.56 Å². The fourth-order valence-electron chi connectivity index (χ4n) is 2.00. The predicted octanol–water partition coefficient (Wildman–Crippen LogP) is 4.13. The van der Waals surface area contributed by atoms with Crippen molar-refractivity contribution in [2.24, 2.45) is 5.41 Å². The summed E-state index contributed by atoms with van der Waals surface area (Å²) in [6.45, 7) is 6.73. The van der Waals surface area contributed by atoms with Crippen molar-refractivity contribution in [2.45, 2.75) is 38.4 Å². The third kappa shape index (κ3) is 4.70. The monoisotopic (exact) mass is 270 g/mol. The van der Waals surface area contributed by atoms with Crippen LogP contribution in [-0.4, -0.2) is 9.93 Å². The second kappa shape index (κ2) is 5.02. The Morgan fingerprint density at radius 2 is 1.80 bits per heavy atom. The summed E-state index contributed by atoms with van der Waals surface area (Å²) in [7, 11) is 0. The van der Waals surface area contributed by atoms with Gasteiger partial charge in [0.15, 0.2) is 0 Å². The van der Waals surface area contributed by atoms with Gasteiger partial charge in [-0.2, -0.15) is 0 Å². The Morgan fingerprint density at radius 1 is 1.27 bits per heavy atom. The summed E-state index contributed by atoms with van der Waals surface area (Å²) in [4.78, 5) is 0.546. The summed E-state index contributed by atoms with van der Waals surface area (Å²) >= 11 is 3.60. The summed E-state index contributed by atoms with van der Waals surface area (Å²) < 4.78 is 0. The molecule has 0 saturated heterocycles. The molecule has 0 heterocycles. The summed E-state index contributed by atoms with van der Waals surface area (Å²) in [6.07, 6.45) is 2.19. The second-order valence-corrected chi connectivity index (χ2v) is 6.56. The first kappa shape index (κ1) is 12.6. The van der Waals surface area contributed by atoms with Crippen LogP contribution in [-0.2, 0) is 6.42 Å². The molecule has 84 valence electrons. The highest BCUT2D eigenvalue weighted by Crippen LogP contribution is 2.30. The van der Waals surface area contributed by atoms with Gasteiger partial charge in [0.25, 0.3) is 0 Å². The molecule has 0 aliphatic carbocycles. The van der Waals surface area contributed by atoms with Crippen molar-refractivity contribution in [1.29, 1.82) is 0 Å². The van der Waals surface area contributed by atoms with Gasteiger partial charge < -0.3 is 5.11 Å². The van der Waals surface area contributed by atoms with Gasteiger partial charge in [0.1, 0.15) is 5.75 Å². The third-order valence-corrected chi connectivity index (χ3v) is 2.78. The molecular weight excluding hydrogens is 252 g/mol. The molecule has 0 aliphatic rings. The molecule has 1 N–H and O–H groups in total. The molecule has 0 aliphatic heterocycles. The summed E-state index contributed by atoms with van der Waals surface area (Å²) in [5.74, 6) is 0.338. The molecule has 1 aromatic rings. The molecule has 1 unspecified atom stereocenters. The van der Waals surface area contributed by atoms with Gasteiger partial charge in [-0.05, 0) is 36.0 Å². The Balaban J connectivity index is 2.64. The average Bonchev–Trinajstić information content (AvgIpc) is 2.06. The first-order valence-electron chi connectivity index (χ1n) is 5.31. The molecule has 2 heteroatoms. The van der Waals surface area contributed by atoms with E-state index >= 15 is 0 Å². The van der Waals surface area contributed by atoms with Crippen molar-refractivity contribution in [3.8, 4) is 5.75 Å². The molecule has 0 aromatic heterocycles. The number of rotatable bonds is 4. The zero-order valence-electron chi connectivity index (χ0n) is 9.63. The number of hydrogen-bond acceptors (Lipinski definition) is 1. The summed E-state index contributed by atoms with van der Waals surface area (Å²) in [5, 5.41) is 9.19. The summed E-state index contributed by atoms with van der Waals surface area (Å²) in [5.41, 5.74) is 1.57. The number of alkyl halides is 1. The van der Waals surface area contributed by atoms with Gasteiger partial charge in [-0.25, -0.2) is 0 Å². The number of halogens is 1. The molecule has 1 aromatic carbocycles. The van der Waals surface area contributed by atoms with Crippen molar-refractivity contribution < 1.29 is 5.11 Å². The van der Waals surface area contributed by atoms with E-state index in [1.807, 2.05) is 12.1 Å². The van der Waals surface area contributed by atoms with Crippen molar-refractivity contribution in [3.63, 3.8) is 0 Å². The molecule has 0 bridgehead atoms. The van der Waals surface area contributed by atoms with Gasteiger partial charge in [-0.15, -0.1) is 0 Å². The Bertz CT molecular complexity index is 301. The van der Waals surface area contributed by atoms with Gasteiger partial charge in [-0.3, -0.25) is 0 Å². The van der Waals surface area contributed by atoms with Crippen LogP contribution in [0, 0.1) is 5.41 Å². The molecule has 1 atom stereocenters. The van der Waals surface area contributed by atoms with Crippen LogP contribution in [0.15, 0.2) is 24.3 Å². The minimum absolute atomic E-state index is 0.292. The number of benzene rings is 1. The fourth-order valence-corrected chi connectivity index (χ4v) is 2.88. The minimum Gasteiger partial charge on any atom is -0.508 e. The van der Waals surface area contributed by atoms with Crippen molar-refractivity contribution in [3.05, 3.63) is 29.8 Å². The molecule has 0 radical (unpaired) electrons. The first-order chi connectivity index (χ1) is 6.89. The Hall–Kier alpha value is -0.500. The maximum Gasteiger partial charge on any atom is 0.115 e. The van der Waals surface area contributed by atoms with Gasteiger partial charge in [-0.1, -0.05) is 48.8 Å². The second-order valence-electron chi connectivity index (χ2n) is 4.99. The smallest absolute Gasteiger partial charge is 0.115 e. The van der Waals surface area contributed by atoms with Crippen LogP contribution in [0.2, 0.25) is 0 Å². The van der Waals surface area contributed by atoms with Gasteiger partial charge in [0.05, 0.1) is 0 Å². The lowest BCUT2D eigenvalue weighted by Gasteiger charge is -2.26. The van der Waals surface area contributed by atoms with Crippen LogP contribution in [0.25, 0.3) is 0 Å². The van der Waals surface area contributed by atoms with E-state index in [9.17, 15) is 5.11 Å². The maximum atomic E-state index is 9.19. The van der Waals surface area contributed by atoms with Crippen LogP contribution in [0.1, 0.15) is 32.8 Å². The Labute approximate surface area is 101 Å². The van der Waals surface area contributed by atoms with E-state index < -0.39 is 0 Å². The predicted molar refractivity (Wildman–Crippen MR) is 68.6 cm³/mol. The summed E-state index contributed by atoms with van der Waals surface area (Å²) in [6, 6.07) is 7.50. The molecule has 15 heavy (non-hydrogen) atoms. The molecule has 0 amide bonds. The van der Waals surface area contributed by atoms with Gasteiger partial charge >= 0.3 is 0 Å². The van der Waals surface area contributed by atoms with Crippen LogP contribution in [0.3, 0.4) is 0 Å². The normalized spacial score (nSPS) is 13.9. The lowest BCUT2D eigenvalue weighted by atomic mass is 9.82. The highest BCUT2D eigenvalue weighted by molar-refractivity contribution is 9.09. The van der Waals surface area contributed by atoms with Crippen molar-refractivity contribution in [1.82, 2.24) is 0 Å². The van der Waals surface area contributed by atoms with E-state index in [4.69, 9.17) is 0 Å². The average molecular weight is 271 g/mol. The molecule has 0 saturated carbocycles. The van der Waals surface area contributed by atoms with Crippen LogP contribution < -0.4 is 0 Å². The van der Waals surface area contributed by atoms with E-state index in [2.05, 4.69) is 36.7 Å². The molecule has 0 spiro atoms. The highest BCUT2D eigenvalue weighted by atomic mass is 79.9. The molecule has 0 fully saturated rings. The number of phenolic OH excluding ortho intramolecular Hbond substituents is 1. The number of phenols is 1. The highest BCUT2D eigenvalue weighted by Gasteiger charge is 2.20. The maximum absolute atomic E-state index is 9.19. The molecule has 1 nitrogen and oxygen atoms in total. The van der Waals surface area contributed by atoms with Crippen LogP contribution in [0.4, 0.5) is 0 Å². The Morgan fingerprint density at radius 3 is 2.27 bits per heavy atom.